The molecule has 1 aliphatic rings. The Balaban J connectivity index is 1.99. The van der Waals surface area contributed by atoms with Gasteiger partial charge in [0.25, 0.3) is 0 Å². The summed E-state index contributed by atoms with van der Waals surface area (Å²) in [5.74, 6) is 1.18. The van der Waals surface area contributed by atoms with Crippen molar-refractivity contribution in [2.75, 3.05) is 30.3 Å². The van der Waals surface area contributed by atoms with Crippen LogP contribution >= 0.6 is 0 Å². The topological polar surface area (TPSA) is 84.6 Å². The zero-order valence-electron chi connectivity index (χ0n) is 13.0. The molecule has 1 aromatic rings. The highest BCUT2D eigenvalue weighted by atomic mass is 16.6. The van der Waals surface area contributed by atoms with Gasteiger partial charge in [-0.15, -0.1) is 10.2 Å². The number of rotatable bonds is 1. The van der Waals surface area contributed by atoms with Crippen LogP contribution in [0, 0.1) is 0 Å². The highest BCUT2D eigenvalue weighted by Crippen LogP contribution is 2.19. The van der Waals surface area contributed by atoms with Gasteiger partial charge in [0, 0.05) is 25.7 Å². The molecule has 0 saturated carbocycles. The van der Waals surface area contributed by atoms with E-state index in [1.54, 1.807) is 11.0 Å². The molecule has 0 spiro atoms. The highest BCUT2D eigenvalue weighted by Gasteiger charge is 2.30. The van der Waals surface area contributed by atoms with Gasteiger partial charge in [0.05, 0.1) is 0 Å². The van der Waals surface area contributed by atoms with Gasteiger partial charge >= 0.3 is 6.09 Å². The number of amides is 1. The lowest BCUT2D eigenvalue weighted by atomic mass is 10.2. The normalized spacial score (nSPS) is 19.5. The van der Waals surface area contributed by atoms with Crippen molar-refractivity contribution in [3.05, 3.63) is 12.1 Å². The fourth-order valence-electron chi connectivity index (χ4n) is 2.28. The molecule has 0 radical (unpaired) electrons. The van der Waals surface area contributed by atoms with Crippen LogP contribution in [0.2, 0.25) is 0 Å². The van der Waals surface area contributed by atoms with E-state index >= 15 is 0 Å². The number of hydrogen-bond acceptors (Lipinski definition) is 6. The molecular formula is C14H23N5O2. The van der Waals surface area contributed by atoms with E-state index in [9.17, 15) is 4.79 Å². The largest absolute Gasteiger partial charge is 0.444 e. The Hall–Kier alpha value is -2.05. The van der Waals surface area contributed by atoms with Gasteiger partial charge in [-0.3, -0.25) is 0 Å². The Kier molecular flexibility index (Phi) is 4.20. The number of nitrogens with two attached hydrogens (primary N) is 1. The van der Waals surface area contributed by atoms with Crippen LogP contribution in [0.25, 0.3) is 0 Å². The summed E-state index contributed by atoms with van der Waals surface area (Å²) in [4.78, 5) is 15.9. The summed E-state index contributed by atoms with van der Waals surface area (Å²) >= 11 is 0. The minimum atomic E-state index is -0.472. The summed E-state index contributed by atoms with van der Waals surface area (Å²) in [7, 11) is 0. The molecule has 0 aromatic carbocycles. The highest BCUT2D eigenvalue weighted by molar-refractivity contribution is 5.68. The van der Waals surface area contributed by atoms with Crippen molar-refractivity contribution in [3.8, 4) is 0 Å². The predicted octanol–water partition coefficient (Wildman–Crippen LogP) is 1.50. The molecule has 7 heteroatoms. The SMILES string of the molecule is C[C@@H]1CN(C(=O)OC(C)(C)C)CCN1c1ccc(N)nn1. The molecule has 0 unspecified atom stereocenters. The number of carbonyl (C=O) groups is 1. The summed E-state index contributed by atoms with van der Waals surface area (Å²) in [6, 6.07) is 3.72. The van der Waals surface area contributed by atoms with E-state index in [0.29, 0.717) is 25.5 Å². The van der Waals surface area contributed by atoms with Gasteiger partial charge < -0.3 is 20.3 Å². The molecule has 1 amide bonds. The summed E-state index contributed by atoms with van der Waals surface area (Å²) in [5, 5.41) is 7.97. The third kappa shape index (κ3) is 3.96. The Morgan fingerprint density at radius 2 is 2.05 bits per heavy atom. The summed E-state index contributed by atoms with van der Waals surface area (Å²) in [6.07, 6.45) is -0.266. The summed E-state index contributed by atoms with van der Waals surface area (Å²) < 4.78 is 5.41. The second kappa shape index (κ2) is 5.75. The van der Waals surface area contributed by atoms with Crippen molar-refractivity contribution in [2.24, 2.45) is 0 Å². The first-order chi connectivity index (χ1) is 9.76. The van der Waals surface area contributed by atoms with E-state index in [2.05, 4.69) is 22.0 Å². The monoisotopic (exact) mass is 293 g/mol. The van der Waals surface area contributed by atoms with Gasteiger partial charge in [-0.25, -0.2) is 4.79 Å². The number of nitrogen functional groups attached to an aromatic ring is 1. The number of anilines is 2. The molecule has 1 atom stereocenters. The number of carbonyl (C=O) groups excluding carboxylic acids is 1. The first kappa shape index (κ1) is 15.3. The molecule has 116 valence electrons. The number of nitrogens with zero attached hydrogens (tertiary/aromatic N) is 4. The maximum absolute atomic E-state index is 12.1. The Bertz CT molecular complexity index is 497. The summed E-state index contributed by atoms with van der Waals surface area (Å²) in [5.41, 5.74) is 5.08. The van der Waals surface area contributed by atoms with E-state index in [1.807, 2.05) is 26.8 Å². The van der Waals surface area contributed by atoms with Crippen LogP contribution in [0.15, 0.2) is 12.1 Å². The first-order valence-electron chi connectivity index (χ1n) is 7.10. The van der Waals surface area contributed by atoms with E-state index in [-0.39, 0.29) is 12.1 Å². The average Bonchev–Trinajstić information content (AvgIpc) is 2.38. The lowest BCUT2D eigenvalue weighted by molar-refractivity contribution is 0.0218. The molecule has 0 bridgehead atoms. The van der Waals surface area contributed by atoms with Crippen molar-refractivity contribution in [1.82, 2.24) is 15.1 Å². The lowest BCUT2D eigenvalue weighted by Gasteiger charge is -2.40. The molecule has 21 heavy (non-hydrogen) atoms. The minimum absolute atomic E-state index is 0.143. The molecule has 0 aliphatic carbocycles. The van der Waals surface area contributed by atoms with Crippen LogP contribution in [-0.4, -0.2) is 52.5 Å². The fourth-order valence-corrected chi connectivity index (χ4v) is 2.28. The van der Waals surface area contributed by atoms with E-state index in [1.165, 1.54) is 0 Å². The third-order valence-electron chi connectivity index (χ3n) is 3.24. The van der Waals surface area contributed by atoms with Gasteiger partial charge in [-0.1, -0.05) is 0 Å². The predicted molar refractivity (Wildman–Crippen MR) is 81.1 cm³/mol. The van der Waals surface area contributed by atoms with Crippen molar-refractivity contribution in [3.63, 3.8) is 0 Å². The lowest BCUT2D eigenvalue weighted by Crippen LogP contribution is -2.54. The Morgan fingerprint density at radius 1 is 1.33 bits per heavy atom. The smallest absolute Gasteiger partial charge is 0.410 e. The maximum Gasteiger partial charge on any atom is 0.410 e. The van der Waals surface area contributed by atoms with Gasteiger partial charge in [0.15, 0.2) is 5.82 Å². The molecule has 1 aromatic heterocycles. The van der Waals surface area contributed by atoms with Crippen LogP contribution in [-0.2, 0) is 4.74 Å². The van der Waals surface area contributed by atoms with Crippen LogP contribution in [0.4, 0.5) is 16.4 Å². The number of ether oxygens (including phenoxy) is 1. The molecule has 2 rings (SSSR count). The molecule has 1 fully saturated rings. The Labute approximate surface area is 125 Å². The fraction of sp³-hybridized carbons (Fsp3) is 0.643. The zero-order valence-corrected chi connectivity index (χ0v) is 13.0. The van der Waals surface area contributed by atoms with Gasteiger partial charge in [0.1, 0.15) is 11.4 Å². The van der Waals surface area contributed by atoms with Crippen molar-refractivity contribution in [2.45, 2.75) is 39.3 Å². The molecule has 7 nitrogen and oxygen atoms in total. The van der Waals surface area contributed by atoms with Crippen molar-refractivity contribution >= 4 is 17.7 Å². The number of aromatic nitrogens is 2. The third-order valence-corrected chi connectivity index (χ3v) is 3.24. The van der Waals surface area contributed by atoms with E-state index in [4.69, 9.17) is 10.5 Å². The molecule has 2 N–H and O–H groups in total. The number of piperazine rings is 1. The second-order valence-corrected chi connectivity index (χ2v) is 6.29. The van der Waals surface area contributed by atoms with E-state index < -0.39 is 5.60 Å². The van der Waals surface area contributed by atoms with Crippen LogP contribution in [0.1, 0.15) is 27.7 Å². The second-order valence-electron chi connectivity index (χ2n) is 6.29. The van der Waals surface area contributed by atoms with Crippen LogP contribution in [0.5, 0.6) is 0 Å². The number of hydrogen-bond donors (Lipinski definition) is 1. The average molecular weight is 293 g/mol. The van der Waals surface area contributed by atoms with Crippen LogP contribution < -0.4 is 10.6 Å². The quantitative estimate of drug-likeness (QED) is 0.844. The first-order valence-corrected chi connectivity index (χ1v) is 7.10. The molecule has 1 aliphatic heterocycles. The Morgan fingerprint density at radius 3 is 2.57 bits per heavy atom. The zero-order chi connectivity index (χ0) is 15.6. The van der Waals surface area contributed by atoms with Gasteiger partial charge in [-0.2, -0.15) is 0 Å². The molecule has 1 saturated heterocycles. The van der Waals surface area contributed by atoms with Crippen molar-refractivity contribution in [1.29, 1.82) is 0 Å². The summed E-state index contributed by atoms with van der Waals surface area (Å²) in [6.45, 7) is 9.55. The standard InChI is InChI=1S/C14H23N5O2/c1-10-9-18(13(20)21-14(2,3)4)7-8-19(10)12-6-5-11(15)16-17-12/h5-6,10H,7-9H2,1-4H3,(H2,15,16)/t10-/m1/s1. The van der Waals surface area contributed by atoms with Gasteiger partial charge in [0.2, 0.25) is 0 Å². The molecule has 2 heterocycles. The van der Waals surface area contributed by atoms with Gasteiger partial charge in [-0.05, 0) is 39.8 Å². The van der Waals surface area contributed by atoms with E-state index in [0.717, 1.165) is 5.82 Å². The maximum atomic E-state index is 12.1. The molecular weight excluding hydrogens is 270 g/mol. The van der Waals surface area contributed by atoms with Crippen LogP contribution in [0.3, 0.4) is 0 Å². The minimum Gasteiger partial charge on any atom is -0.444 e. The van der Waals surface area contributed by atoms with Crippen molar-refractivity contribution < 1.29 is 9.53 Å².